The van der Waals surface area contributed by atoms with E-state index in [1.54, 1.807) is 6.07 Å². The Balaban J connectivity index is 1.45. The molecule has 0 N–H and O–H groups in total. The van der Waals surface area contributed by atoms with Crippen molar-refractivity contribution in [1.82, 2.24) is 19.6 Å². The first-order valence-corrected chi connectivity index (χ1v) is 9.91. The molecule has 4 rings (SSSR count). The summed E-state index contributed by atoms with van der Waals surface area (Å²) in [5.74, 6) is -0.154. The van der Waals surface area contributed by atoms with Gasteiger partial charge in [-0.1, -0.05) is 36.4 Å². The van der Waals surface area contributed by atoms with Crippen LogP contribution in [0.1, 0.15) is 27.3 Å². The second-order valence-corrected chi connectivity index (χ2v) is 7.45. The predicted octanol–water partition coefficient (Wildman–Crippen LogP) is 3.59. The van der Waals surface area contributed by atoms with Crippen LogP contribution in [0.3, 0.4) is 0 Å². The Bertz CT molecular complexity index is 1010. The fourth-order valence-corrected chi connectivity index (χ4v) is 3.91. The van der Waals surface area contributed by atoms with Crippen molar-refractivity contribution in [2.45, 2.75) is 20.4 Å². The van der Waals surface area contributed by atoms with Crippen LogP contribution in [0.15, 0.2) is 54.6 Å². The van der Waals surface area contributed by atoms with Crippen molar-refractivity contribution in [3.05, 3.63) is 82.9 Å². The summed E-state index contributed by atoms with van der Waals surface area (Å²) in [5.41, 5.74) is 3.92. The SMILES string of the molecule is Cc1nn(-c2ccccc2)c(C)c1C(=O)N1CCN(Cc2ccccc2F)CC1. The van der Waals surface area contributed by atoms with Crippen LogP contribution in [-0.4, -0.2) is 51.7 Å². The maximum Gasteiger partial charge on any atom is 0.257 e. The summed E-state index contributed by atoms with van der Waals surface area (Å²) in [7, 11) is 0. The number of benzene rings is 2. The topological polar surface area (TPSA) is 41.4 Å². The zero-order valence-electron chi connectivity index (χ0n) is 16.8. The van der Waals surface area contributed by atoms with Gasteiger partial charge in [0.2, 0.25) is 0 Å². The van der Waals surface area contributed by atoms with E-state index in [9.17, 15) is 9.18 Å². The number of nitrogens with zero attached hydrogens (tertiary/aromatic N) is 4. The number of aryl methyl sites for hydroxylation is 1. The molecule has 1 amide bonds. The number of rotatable bonds is 4. The van der Waals surface area contributed by atoms with Gasteiger partial charge in [-0.25, -0.2) is 9.07 Å². The summed E-state index contributed by atoms with van der Waals surface area (Å²) in [5, 5.41) is 4.59. The van der Waals surface area contributed by atoms with E-state index in [1.807, 2.05) is 65.9 Å². The Morgan fingerprint density at radius 2 is 1.62 bits per heavy atom. The van der Waals surface area contributed by atoms with E-state index < -0.39 is 0 Å². The van der Waals surface area contributed by atoms with E-state index in [2.05, 4.69) is 10.00 Å². The zero-order chi connectivity index (χ0) is 20.4. The van der Waals surface area contributed by atoms with Crippen LogP contribution in [0.25, 0.3) is 5.69 Å². The average molecular weight is 392 g/mol. The number of piperazine rings is 1. The van der Waals surface area contributed by atoms with Crippen molar-refractivity contribution in [1.29, 1.82) is 0 Å². The van der Waals surface area contributed by atoms with Crippen molar-refractivity contribution in [3.8, 4) is 5.69 Å². The van der Waals surface area contributed by atoms with Gasteiger partial charge in [0.25, 0.3) is 5.91 Å². The van der Waals surface area contributed by atoms with Gasteiger partial charge in [-0.05, 0) is 32.0 Å². The average Bonchev–Trinajstić information content (AvgIpc) is 3.04. The van der Waals surface area contributed by atoms with Crippen LogP contribution in [0.5, 0.6) is 0 Å². The van der Waals surface area contributed by atoms with E-state index in [0.717, 1.165) is 30.2 Å². The Morgan fingerprint density at radius 3 is 2.31 bits per heavy atom. The van der Waals surface area contributed by atoms with Gasteiger partial charge in [0, 0.05) is 38.3 Å². The molecule has 1 aliphatic rings. The maximum atomic E-state index is 13.9. The summed E-state index contributed by atoms with van der Waals surface area (Å²) in [4.78, 5) is 17.3. The van der Waals surface area contributed by atoms with Gasteiger partial charge in [-0.2, -0.15) is 5.10 Å². The standard InChI is InChI=1S/C23H25FN4O/c1-17-22(18(2)28(25-17)20-9-4-3-5-10-20)23(29)27-14-12-26(13-15-27)16-19-8-6-7-11-21(19)24/h3-11H,12-16H2,1-2H3. The summed E-state index contributed by atoms with van der Waals surface area (Å²) in [6.07, 6.45) is 0. The van der Waals surface area contributed by atoms with Gasteiger partial charge in [0.05, 0.1) is 22.6 Å². The Labute approximate surface area is 170 Å². The van der Waals surface area contributed by atoms with Gasteiger partial charge in [0.1, 0.15) is 5.82 Å². The molecule has 1 aromatic heterocycles. The van der Waals surface area contributed by atoms with Crippen LogP contribution >= 0.6 is 0 Å². The van der Waals surface area contributed by atoms with Crippen LogP contribution in [0.2, 0.25) is 0 Å². The molecule has 29 heavy (non-hydrogen) atoms. The first kappa shape index (κ1) is 19.3. The molecule has 1 fully saturated rings. The van der Waals surface area contributed by atoms with Gasteiger partial charge in [-0.15, -0.1) is 0 Å². The van der Waals surface area contributed by atoms with Crippen molar-refractivity contribution < 1.29 is 9.18 Å². The largest absolute Gasteiger partial charge is 0.336 e. The molecule has 1 saturated heterocycles. The predicted molar refractivity (Wildman–Crippen MR) is 111 cm³/mol. The van der Waals surface area contributed by atoms with Crippen LogP contribution in [-0.2, 0) is 6.54 Å². The monoisotopic (exact) mass is 392 g/mol. The zero-order valence-corrected chi connectivity index (χ0v) is 16.8. The lowest BCUT2D eigenvalue weighted by Gasteiger charge is -2.34. The Hall–Kier alpha value is -2.99. The summed E-state index contributed by atoms with van der Waals surface area (Å²) in [6, 6.07) is 16.7. The second kappa shape index (κ2) is 8.17. The van der Waals surface area contributed by atoms with Gasteiger partial charge >= 0.3 is 0 Å². The second-order valence-electron chi connectivity index (χ2n) is 7.45. The summed E-state index contributed by atoms with van der Waals surface area (Å²) < 4.78 is 15.7. The molecule has 3 aromatic rings. The van der Waals surface area contributed by atoms with Crippen LogP contribution in [0.4, 0.5) is 4.39 Å². The minimum atomic E-state index is -0.175. The molecule has 150 valence electrons. The molecule has 2 heterocycles. The summed E-state index contributed by atoms with van der Waals surface area (Å²) in [6.45, 7) is 7.10. The number of hydrogen-bond donors (Lipinski definition) is 0. The fraction of sp³-hybridized carbons (Fsp3) is 0.304. The van der Waals surface area contributed by atoms with Crippen molar-refractivity contribution in [3.63, 3.8) is 0 Å². The lowest BCUT2D eigenvalue weighted by molar-refractivity contribution is 0.0625. The highest BCUT2D eigenvalue weighted by Crippen LogP contribution is 2.21. The molecule has 5 nitrogen and oxygen atoms in total. The number of para-hydroxylation sites is 1. The minimum absolute atomic E-state index is 0.0210. The third-order valence-corrected chi connectivity index (χ3v) is 5.52. The van der Waals surface area contributed by atoms with Gasteiger partial charge in [0.15, 0.2) is 0 Å². The highest BCUT2D eigenvalue weighted by Gasteiger charge is 2.27. The third-order valence-electron chi connectivity index (χ3n) is 5.52. The molecule has 0 spiro atoms. The number of carbonyl (C=O) groups excluding carboxylic acids is 1. The van der Waals surface area contributed by atoms with E-state index in [-0.39, 0.29) is 11.7 Å². The molecular weight excluding hydrogens is 367 g/mol. The third kappa shape index (κ3) is 3.93. The molecule has 0 bridgehead atoms. The molecule has 0 saturated carbocycles. The smallest absolute Gasteiger partial charge is 0.257 e. The number of hydrogen-bond acceptors (Lipinski definition) is 3. The maximum absolute atomic E-state index is 13.9. The van der Waals surface area contributed by atoms with Crippen LogP contribution < -0.4 is 0 Å². The number of halogens is 1. The lowest BCUT2D eigenvalue weighted by Crippen LogP contribution is -2.48. The minimum Gasteiger partial charge on any atom is -0.336 e. The molecule has 0 radical (unpaired) electrons. The van der Waals surface area contributed by atoms with E-state index >= 15 is 0 Å². The Kier molecular flexibility index (Phi) is 5.45. The first-order valence-electron chi connectivity index (χ1n) is 9.91. The molecule has 6 heteroatoms. The van der Waals surface area contributed by atoms with E-state index in [4.69, 9.17) is 0 Å². The van der Waals surface area contributed by atoms with Crippen molar-refractivity contribution >= 4 is 5.91 Å². The molecule has 2 aromatic carbocycles. The lowest BCUT2D eigenvalue weighted by atomic mass is 10.1. The molecule has 1 aliphatic heterocycles. The van der Waals surface area contributed by atoms with E-state index in [1.165, 1.54) is 6.07 Å². The van der Waals surface area contributed by atoms with Crippen molar-refractivity contribution in [2.75, 3.05) is 26.2 Å². The summed E-state index contributed by atoms with van der Waals surface area (Å²) >= 11 is 0. The van der Waals surface area contributed by atoms with Gasteiger partial charge < -0.3 is 4.90 Å². The van der Waals surface area contributed by atoms with Gasteiger partial charge in [-0.3, -0.25) is 9.69 Å². The number of amides is 1. The Morgan fingerprint density at radius 1 is 0.966 bits per heavy atom. The molecule has 0 aliphatic carbocycles. The highest BCUT2D eigenvalue weighted by atomic mass is 19.1. The normalized spacial score (nSPS) is 14.9. The first-order chi connectivity index (χ1) is 14.0. The number of aromatic nitrogens is 2. The highest BCUT2D eigenvalue weighted by molar-refractivity contribution is 5.96. The molecule has 0 atom stereocenters. The fourth-order valence-electron chi connectivity index (χ4n) is 3.91. The quantitative estimate of drug-likeness (QED) is 0.681. The molecular formula is C23H25FN4O. The van der Waals surface area contributed by atoms with E-state index in [0.29, 0.717) is 30.8 Å². The molecule has 0 unspecified atom stereocenters. The van der Waals surface area contributed by atoms with Crippen LogP contribution in [0, 0.1) is 19.7 Å². The van der Waals surface area contributed by atoms with Crippen molar-refractivity contribution in [2.24, 2.45) is 0 Å². The number of carbonyl (C=O) groups is 1.